The average Bonchev–Trinajstić information content (AvgIpc) is 3.19. The van der Waals surface area contributed by atoms with Crippen molar-refractivity contribution in [2.45, 2.75) is 13.3 Å². The SMILES string of the molecule is Cc1c(Cl)ccc2sc(N(CCCN3CCOCC3)C(=O)c3ccc(F)cc3)nc12.Cl. The van der Waals surface area contributed by atoms with Gasteiger partial charge in [0.2, 0.25) is 0 Å². The van der Waals surface area contributed by atoms with E-state index in [1.165, 1.54) is 35.6 Å². The van der Waals surface area contributed by atoms with Gasteiger partial charge in [-0.3, -0.25) is 14.6 Å². The van der Waals surface area contributed by atoms with Crippen molar-refractivity contribution in [2.75, 3.05) is 44.3 Å². The number of halogens is 3. The molecule has 9 heteroatoms. The Bertz CT molecular complexity index is 1040. The molecule has 1 fully saturated rings. The summed E-state index contributed by atoms with van der Waals surface area (Å²) in [6, 6.07) is 9.43. The minimum atomic E-state index is -0.365. The number of benzene rings is 2. The summed E-state index contributed by atoms with van der Waals surface area (Å²) in [5, 5.41) is 1.29. The van der Waals surface area contributed by atoms with Crippen molar-refractivity contribution >= 4 is 56.6 Å². The highest BCUT2D eigenvalue weighted by Gasteiger charge is 2.22. The lowest BCUT2D eigenvalue weighted by molar-refractivity contribution is 0.0376. The van der Waals surface area contributed by atoms with Gasteiger partial charge in [0.05, 0.1) is 23.4 Å². The molecule has 1 aliphatic rings. The second-order valence-corrected chi connectivity index (χ2v) is 8.70. The van der Waals surface area contributed by atoms with E-state index in [0.717, 1.165) is 55.0 Å². The van der Waals surface area contributed by atoms with Crippen LogP contribution in [0.2, 0.25) is 5.02 Å². The molecule has 1 aliphatic heterocycles. The van der Waals surface area contributed by atoms with Gasteiger partial charge < -0.3 is 4.74 Å². The number of aryl methyl sites for hydroxylation is 1. The molecule has 0 bridgehead atoms. The lowest BCUT2D eigenvalue weighted by Crippen LogP contribution is -2.39. The van der Waals surface area contributed by atoms with Crippen LogP contribution >= 0.6 is 35.3 Å². The molecular weight excluding hydrogens is 460 g/mol. The van der Waals surface area contributed by atoms with Gasteiger partial charge in [-0.05, 0) is 55.3 Å². The lowest BCUT2D eigenvalue weighted by atomic mass is 10.2. The van der Waals surface area contributed by atoms with Gasteiger partial charge in [0.15, 0.2) is 5.13 Å². The van der Waals surface area contributed by atoms with Gasteiger partial charge in [-0.15, -0.1) is 12.4 Å². The van der Waals surface area contributed by atoms with E-state index in [0.29, 0.717) is 22.3 Å². The first kappa shape index (κ1) is 23.9. The summed E-state index contributed by atoms with van der Waals surface area (Å²) in [5.41, 5.74) is 2.16. The van der Waals surface area contributed by atoms with Crippen LogP contribution in [-0.2, 0) is 4.74 Å². The summed E-state index contributed by atoms with van der Waals surface area (Å²) in [5.74, 6) is -0.546. The molecule has 3 aromatic rings. The Hall–Kier alpha value is -1.77. The molecule has 2 aromatic carbocycles. The third-order valence-electron chi connectivity index (χ3n) is 5.26. The molecule has 5 nitrogen and oxygen atoms in total. The Labute approximate surface area is 196 Å². The zero-order chi connectivity index (χ0) is 21.1. The fraction of sp³-hybridized carbons (Fsp3) is 0.364. The molecular formula is C22H24Cl2FN3O2S. The molecule has 1 aromatic heterocycles. The third kappa shape index (κ3) is 5.54. The zero-order valence-electron chi connectivity index (χ0n) is 17.1. The van der Waals surface area contributed by atoms with Crippen LogP contribution in [0, 0.1) is 12.7 Å². The van der Waals surface area contributed by atoms with E-state index < -0.39 is 0 Å². The van der Waals surface area contributed by atoms with Gasteiger partial charge in [0, 0.05) is 36.8 Å². The second-order valence-electron chi connectivity index (χ2n) is 7.29. The van der Waals surface area contributed by atoms with Crippen LogP contribution in [0.3, 0.4) is 0 Å². The van der Waals surface area contributed by atoms with Crippen molar-refractivity contribution in [2.24, 2.45) is 0 Å². The van der Waals surface area contributed by atoms with Crippen LogP contribution < -0.4 is 4.90 Å². The Balaban J connectivity index is 0.00000272. The normalized spacial score (nSPS) is 14.4. The number of amides is 1. The monoisotopic (exact) mass is 483 g/mol. The highest BCUT2D eigenvalue weighted by atomic mass is 35.5. The molecule has 1 amide bonds. The number of rotatable bonds is 6. The highest BCUT2D eigenvalue weighted by Crippen LogP contribution is 2.34. The fourth-order valence-electron chi connectivity index (χ4n) is 3.51. The molecule has 0 radical (unpaired) electrons. The van der Waals surface area contributed by atoms with E-state index in [2.05, 4.69) is 4.90 Å². The second kappa shape index (κ2) is 10.7. The van der Waals surface area contributed by atoms with Gasteiger partial charge in [0.1, 0.15) is 5.82 Å². The van der Waals surface area contributed by atoms with Crippen molar-refractivity contribution in [1.82, 2.24) is 9.88 Å². The molecule has 4 rings (SSSR count). The molecule has 31 heavy (non-hydrogen) atoms. The van der Waals surface area contributed by atoms with Gasteiger partial charge in [-0.25, -0.2) is 9.37 Å². The van der Waals surface area contributed by atoms with Crippen molar-refractivity contribution in [3.63, 3.8) is 0 Å². The van der Waals surface area contributed by atoms with Crippen molar-refractivity contribution < 1.29 is 13.9 Å². The third-order valence-corrected chi connectivity index (χ3v) is 6.72. The molecule has 2 heterocycles. The summed E-state index contributed by atoms with van der Waals surface area (Å²) < 4.78 is 19.7. The maximum atomic E-state index is 13.3. The number of hydrogen-bond acceptors (Lipinski definition) is 5. The number of carbonyl (C=O) groups is 1. The van der Waals surface area contributed by atoms with Crippen LogP contribution in [0.25, 0.3) is 10.2 Å². The van der Waals surface area contributed by atoms with Gasteiger partial charge in [0.25, 0.3) is 5.91 Å². The molecule has 0 spiro atoms. The van der Waals surface area contributed by atoms with Gasteiger partial charge in [-0.2, -0.15) is 0 Å². The number of morpholine rings is 1. The fourth-order valence-corrected chi connectivity index (χ4v) is 4.72. The van der Waals surface area contributed by atoms with Crippen molar-refractivity contribution in [3.05, 3.63) is 58.4 Å². The topological polar surface area (TPSA) is 45.7 Å². The maximum Gasteiger partial charge on any atom is 0.260 e. The smallest absolute Gasteiger partial charge is 0.260 e. The maximum absolute atomic E-state index is 13.3. The van der Waals surface area contributed by atoms with Gasteiger partial charge in [-0.1, -0.05) is 22.9 Å². The van der Waals surface area contributed by atoms with Crippen molar-refractivity contribution in [3.8, 4) is 0 Å². The molecule has 0 aliphatic carbocycles. The summed E-state index contributed by atoms with van der Waals surface area (Å²) in [6.07, 6.45) is 0.808. The Morgan fingerprint density at radius 1 is 1.23 bits per heavy atom. The van der Waals surface area contributed by atoms with E-state index in [-0.39, 0.29) is 24.1 Å². The van der Waals surface area contributed by atoms with E-state index in [1.807, 2.05) is 19.1 Å². The molecule has 1 saturated heterocycles. The molecule has 0 saturated carbocycles. The molecule has 166 valence electrons. The Kier molecular flexibility index (Phi) is 8.24. The molecule has 0 N–H and O–H groups in total. The van der Waals surface area contributed by atoms with E-state index in [9.17, 15) is 9.18 Å². The van der Waals surface area contributed by atoms with Crippen LogP contribution in [0.1, 0.15) is 22.3 Å². The standard InChI is InChI=1S/C22H23ClFN3O2S.ClH/c1-15-18(23)7-8-19-20(15)25-22(30-19)27(10-2-9-26-11-13-29-14-12-26)21(28)16-3-5-17(24)6-4-16;/h3-8H,2,9-14H2,1H3;1H. The average molecular weight is 484 g/mol. The van der Waals surface area contributed by atoms with Crippen LogP contribution in [0.15, 0.2) is 36.4 Å². The number of fused-ring (bicyclic) bond motifs is 1. The summed E-state index contributed by atoms with van der Waals surface area (Å²) >= 11 is 7.72. The van der Waals surface area contributed by atoms with Crippen molar-refractivity contribution in [1.29, 1.82) is 0 Å². The number of carbonyl (C=O) groups excluding carboxylic acids is 1. The van der Waals surface area contributed by atoms with E-state index in [4.69, 9.17) is 21.3 Å². The minimum absolute atomic E-state index is 0. The first-order valence-electron chi connectivity index (χ1n) is 9.96. The predicted octanol–water partition coefficient (Wildman–Crippen LogP) is 5.19. The first-order valence-corrected chi connectivity index (χ1v) is 11.2. The number of hydrogen-bond donors (Lipinski definition) is 0. The van der Waals surface area contributed by atoms with Crippen LogP contribution in [0.4, 0.5) is 9.52 Å². The first-order chi connectivity index (χ1) is 14.5. The van der Waals surface area contributed by atoms with Gasteiger partial charge >= 0.3 is 0 Å². The quantitative estimate of drug-likeness (QED) is 0.483. The van der Waals surface area contributed by atoms with Crippen LogP contribution in [0.5, 0.6) is 0 Å². The minimum Gasteiger partial charge on any atom is -0.379 e. The Morgan fingerprint density at radius 2 is 1.94 bits per heavy atom. The van der Waals surface area contributed by atoms with Crippen LogP contribution in [-0.4, -0.2) is 55.2 Å². The predicted molar refractivity (Wildman–Crippen MR) is 127 cm³/mol. The largest absolute Gasteiger partial charge is 0.379 e. The van der Waals surface area contributed by atoms with E-state index >= 15 is 0 Å². The summed E-state index contributed by atoms with van der Waals surface area (Å²) in [4.78, 5) is 22.1. The number of anilines is 1. The molecule has 0 unspecified atom stereocenters. The zero-order valence-corrected chi connectivity index (χ0v) is 19.5. The van der Waals surface area contributed by atoms with E-state index in [1.54, 1.807) is 4.90 Å². The number of aromatic nitrogens is 1. The summed E-state index contributed by atoms with van der Waals surface area (Å²) in [7, 11) is 0. The summed E-state index contributed by atoms with van der Waals surface area (Å²) in [6.45, 7) is 6.65. The number of ether oxygens (including phenoxy) is 1. The lowest BCUT2D eigenvalue weighted by Gasteiger charge is -2.27. The number of nitrogens with zero attached hydrogens (tertiary/aromatic N) is 3. The molecule has 0 atom stereocenters. The Morgan fingerprint density at radius 3 is 2.65 bits per heavy atom. The highest BCUT2D eigenvalue weighted by molar-refractivity contribution is 7.22. The number of thiazole rings is 1.